The van der Waals surface area contributed by atoms with Crippen LogP contribution in [-0.2, 0) is 10.8 Å². The topological polar surface area (TPSA) is 27.7 Å². The molecule has 0 saturated carbocycles. The van der Waals surface area contributed by atoms with Crippen LogP contribution in [0.5, 0.6) is 11.5 Å². The highest BCUT2D eigenvalue weighted by molar-refractivity contribution is 6.74. The fraction of sp³-hybridized carbons (Fsp3) is 0.727. The van der Waals surface area contributed by atoms with E-state index in [-0.39, 0.29) is 10.6 Å². The fourth-order valence-electron chi connectivity index (χ4n) is 3.50. The predicted octanol–water partition coefficient (Wildman–Crippen LogP) is 6.12. The maximum absolute atomic E-state index is 6.59. The Balaban J connectivity index is 2.17. The van der Waals surface area contributed by atoms with E-state index in [1.165, 1.54) is 22.3 Å². The fourth-order valence-corrected chi connectivity index (χ4v) is 4.55. The summed E-state index contributed by atoms with van der Waals surface area (Å²) in [4.78, 5) is 0. The van der Waals surface area contributed by atoms with E-state index in [1.807, 2.05) is 0 Å². The van der Waals surface area contributed by atoms with Gasteiger partial charge in [-0.1, -0.05) is 20.8 Å². The zero-order valence-corrected chi connectivity index (χ0v) is 19.6. The van der Waals surface area contributed by atoms with E-state index in [2.05, 4.69) is 61.6 Å². The normalized spacial score (nSPS) is 20.5. The molecule has 0 amide bonds. The standard InChI is InChI=1S/C22H38O3Si/c1-15-16(2)20-18(17(3)19(15)23-8)11-12-22(7,25-20)13-14-24-26(9,10)21(4,5)6/h11-14H2,1-10H3. The van der Waals surface area contributed by atoms with E-state index >= 15 is 0 Å². The zero-order valence-electron chi connectivity index (χ0n) is 18.6. The van der Waals surface area contributed by atoms with Crippen LogP contribution in [-0.4, -0.2) is 27.6 Å². The van der Waals surface area contributed by atoms with E-state index in [1.54, 1.807) is 7.11 Å². The Bertz CT molecular complexity index is 673. The van der Waals surface area contributed by atoms with Crippen molar-refractivity contribution in [2.75, 3.05) is 13.7 Å². The van der Waals surface area contributed by atoms with Crippen LogP contribution in [0.15, 0.2) is 0 Å². The number of fused-ring (bicyclic) bond motifs is 1. The second kappa shape index (κ2) is 7.20. The molecule has 0 aromatic heterocycles. The molecule has 0 saturated heterocycles. The van der Waals surface area contributed by atoms with Gasteiger partial charge in [0, 0.05) is 18.6 Å². The van der Waals surface area contributed by atoms with Gasteiger partial charge in [-0.2, -0.15) is 0 Å². The van der Waals surface area contributed by atoms with E-state index in [4.69, 9.17) is 13.9 Å². The summed E-state index contributed by atoms with van der Waals surface area (Å²) in [5.41, 5.74) is 4.77. The minimum atomic E-state index is -1.71. The Morgan fingerprint density at radius 1 is 1.08 bits per heavy atom. The van der Waals surface area contributed by atoms with E-state index in [0.717, 1.165) is 37.4 Å². The van der Waals surface area contributed by atoms with Gasteiger partial charge < -0.3 is 13.9 Å². The molecule has 1 atom stereocenters. The molecule has 0 radical (unpaired) electrons. The van der Waals surface area contributed by atoms with E-state index < -0.39 is 8.32 Å². The first-order chi connectivity index (χ1) is 11.8. The lowest BCUT2D eigenvalue weighted by Crippen LogP contribution is -2.43. The molecule has 1 unspecified atom stereocenters. The summed E-state index contributed by atoms with van der Waals surface area (Å²) in [6, 6.07) is 0. The van der Waals surface area contributed by atoms with Crippen molar-refractivity contribution in [3.63, 3.8) is 0 Å². The van der Waals surface area contributed by atoms with Crippen molar-refractivity contribution in [2.24, 2.45) is 0 Å². The Morgan fingerprint density at radius 3 is 2.23 bits per heavy atom. The lowest BCUT2D eigenvalue weighted by atomic mass is 9.86. The third-order valence-electron chi connectivity index (χ3n) is 6.67. The van der Waals surface area contributed by atoms with Gasteiger partial charge in [-0.05, 0) is 75.4 Å². The molecule has 2 rings (SSSR count). The molecule has 0 aliphatic carbocycles. The predicted molar refractivity (Wildman–Crippen MR) is 112 cm³/mol. The van der Waals surface area contributed by atoms with Crippen LogP contribution in [0.3, 0.4) is 0 Å². The molecule has 1 heterocycles. The molecule has 1 aromatic carbocycles. The molecule has 0 N–H and O–H groups in total. The van der Waals surface area contributed by atoms with Gasteiger partial charge in [0.05, 0.1) is 7.11 Å². The number of benzene rings is 1. The van der Waals surface area contributed by atoms with Crippen molar-refractivity contribution in [1.29, 1.82) is 0 Å². The number of rotatable bonds is 5. The molecular formula is C22H38O3Si. The summed E-state index contributed by atoms with van der Waals surface area (Å²) < 4.78 is 18.6. The molecule has 26 heavy (non-hydrogen) atoms. The maximum atomic E-state index is 6.59. The maximum Gasteiger partial charge on any atom is 0.191 e. The van der Waals surface area contributed by atoms with Crippen molar-refractivity contribution < 1.29 is 13.9 Å². The van der Waals surface area contributed by atoms with Gasteiger partial charge in [0.15, 0.2) is 8.32 Å². The first kappa shape index (κ1) is 21.3. The Kier molecular flexibility index (Phi) is 5.89. The van der Waals surface area contributed by atoms with Crippen molar-refractivity contribution in [3.05, 3.63) is 22.3 Å². The minimum absolute atomic E-state index is 0.159. The van der Waals surface area contributed by atoms with Crippen LogP contribution in [0.25, 0.3) is 0 Å². The van der Waals surface area contributed by atoms with Crippen molar-refractivity contribution in [1.82, 2.24) is 0 Å². The molecule has 0 fully saturated rings. The van der Waals surface area contributed by atoms with Gasteiger partial charge in [0.1, 0.15) is 17.1 Å². The van der Waals surface area contributed by atoms with Crippen LogP contribution >= 0.6 is 0 Å². The summed E-state index contributed by atoms with van der Waals surface area (Å²) in [5, 5.41) is 0.245. The first-order valence-corrected chi connectivity index (χ1v) is 12.7. The van der Waals surface area contributed by atoms with Gasteiger partial charge in [-0.15, -0.1) is 0 Å². The van der Waals surface area contributed by atoms with Crippen LogP contribution in [0.2, 0.25) is 18.1 Å². The van der Waals surface area contributed by atoms with Crippen molar-refractivity contribution >= 4 is 8.32 Å². The van der Waals surface area contributed by atoms with Crippen molar-refractivity contribution in [3.8, 4) is 11.5 Å². The summed E-state index contributed by atoms with van der Waals surface area (Å²) in [5.74, 6) is 2.08. The highest BCUT2D eigenvalue weighted by atomic mass is 28.4. The van der Waals surface area contributed by atoms with Gasteiger partial charge in [-0.25, -0.2) is 0 Å². The molecule has 4 heteroatoms. The van der Waals surface area contributed by atoms with Gasteiger partial charge in [0.2, 0.25) is 0 Å². The first-order valence-electron chi connectivity index (χ1n) is 9.82. The quantitative estimate of drug-likeness (QED) is 0.578. The summed E-state index contributed by atoms with van der Waals surface area (Å²) in [6.45, 7) is 20.9. The zero-order chi connectivity index (χ0) is 19.9. The van der Waals surface area contributed by atoms with Crippen LogP contribution in [0.1, 0.15) is 62.8 Å². The van der Waals surface area contributed by atoms with E-state index in [9.17, 15) is 0 Å². The molecule has 148 valence electrons. The van der Waals surface area contributed by atoms with E-state index in [0.29, 0.717) is 0 Å². The molecule has 1 aliphatic rings. The SMILES string of the molecule is COc1c(C)c(C)c2c(c1C)CCC(C)(CCO[Si](C)(C)C(C)(C)C)O2. The largest absolute Gasteiger partial charge is 0.496 e. The number of hydrogen-bond acceptors (Lipinski definition) is 3. The Labute approximate surface area is 161 Å². The number of ether oxygens (including phenoxy) is 2. The molecule has 3 nitrogen and oxygen atoms in total. The van der Waals surface area contributed by atoms with Crippen LogP contribution in [0.4, 0.5) is 0 Å². The minimum Gasteiger partial charge on any atom is -0.496 e. The average molecular weight is 379 g/mol. The Hall–Kier alpha value is -1.00. The highest BCUT2D eigenvalue weighted by Crippen LogP contribution is 2.44. The summed E-state index contributed by atoms with van der Waals surface area (Å²) in [7, 11) is 0.0498. The molecule has 1 aromatic rings. The average Bonchev–Trinajstić information content (AvgIpc) is 2.52. The third-order valence-corrected chi connectivity index (χ3v) is 11.2. The van der Waals surface area contributed by atoms with Crippen molar-refractivity contribution in [2.45, 2.75) is 91.5 Å². The second-order valence-electron chi connectivity index (χ2n) is 9.63. The molecule has 0 spiro atoms. The van der Waals surface area contributed by atoms with Crippen LogP contribution in [0, 0.1) is 20.8 Å². The monoisotopic (exact) mass is 378 g/mol. The Morgan fingerprint density at radius 2 is 1.69 bits per heavy atom. The van der Waals surface area contributed by atoms with Gasteiger partial charge >= 0.3 is 0 Å². The van der Waals surface area contributed by atoms with Gasteiger partial charge in [0.25, 0.3) is 0 Å². The third kappa shape index (κ3) is 3.96. The smallest absolute Gasteiger partial charge is 0.191 e. The lowest BCUT2D eigenvalue weighted by Gasteiger charge is -2.40. The number of methoxy groups -OCH3 is 1. The molecule has 1 aliphatic heterocycles. The number of hydrogen-bond donors (Lipinski definition) is 0. The summed E-state index contributed by atoms with van der Waals surface area (Å²) in [6.07, 6.45) is 2.99. The van der Waals surface area contributed by atoms with Gasteiger partial charge in [-0.3, -0.25) is 0 Å². The second-order valence-corrected chi connectivity index (χ2v) is 14.4. The molecular weight excluding hydrogens is 340 g/mol. The lowest BCUT2D eigenvalue weighted by molar-refractivity contribution is 0.0394. The highest BCUT2D eigenvalue weighted by Gasteiger charge is 2.39. The van der Waals surface area contributed by atoms with Crippen LogP contribution < -0.4 is 9.47 Å². The molecule has 0 bridgehead atoms. The summed E-state index contributed by atoms with van der Waals surface area (Å²) >= 11 is 0.